The highest BCUT2D eigenvalue weighted by molar-refractivity contribution is 6.17. The van der Waals surface area contributed by atoms with E-state index in [0.717, 1.165) is 60.2 Å². The number of aromatic nitrogens is 4. The topological polar surface area (TPSA) is 43.6 Å². The fraction of sp³-hybridized carbons (Fsp3) is 0.0517. The molecule has 0 fully saturated rings. The van der Waals surface area contributed by atoms with Crippen LogP contribution in [0.4, 0.5) is 0 Å². The van der Waals surface area contributed by atoms with Gasteiger partial charge in [-0.05, 0) is 101 Å². The summed E-state index contributed by atoms with van der Waals surface area (Å²) in [5, 5.41) is 11.9. The molecule has 4 nitrogen and oxygen atoms in total. The molecule has 0 unspecified atom stereocenters. The molecule has 13 rings (SSSR count). The number of hydrogen-bond acceptors (Lipinski definition) is 3. The van der Waals surface area contributed by atoms with Gasteiger partial charge in [-0.15, -0.1) is 0 Å². The van der Waals surface area contributed by atoms with E-state index in [9.17, 15) is 0 Å². The maximum atomic E-state index is 5.43. The van der Waals surface area contributed by atoms with Crippen molar-refractivity contribution in [3.05, 3.63) is 205 Å². The number of nitrogens with zero attached hydrogens (tertiary/aromatic N) is 4. The summed E-state index contributed by atoms with van der Waals surface area (Å²) in [4.78, 5) is 16.1. The summed E-state index contributed by atoms with van der Waals surface area (Å²) in [5.74, 6) is 1.83. The highest BCUT2D eigenvalue weighted by atomic mass is 15.2. The van der Waals surface area contributed by atoms with E-state index in [-0.39, 0.29) is 5.41 Å². The molecule has 0 saturated heterocycles. The molecule has 0 radical (unpaired) electrons. The number of para-hydroxylation sites is 1. The van der Waals surface area contributed by atoms with E-state index in [1.54, 1.807) is 0 Å². The molecule has 2 aromatic heterocycles. The Bertz CT molecular complexity index is 3760. The third-order valence-corrected chi connectivity index (χ3v) is 13.4. The quantitative estimate of drug-likeness (QED) is 0.178. The van der Waals surface area contributed by atoms with Gasteiger partial charge in [0, 0.05) is 32.9 Å². The van der Waals surface area contributed by atoms with Crippen molar-refractivity contribution in [3.63, 3.8) is 0 Å². The van der Waals surface area contributed by atoms with Gasteiger partial charge in [0.2, 0.25) is 5.95 Å². The Morgan fingerprint density at radius 1 is 0.371 bits per heavy atom. The average Bonchev–Trinajstić information content (AvgIpc) is 3.77. The van der Waals surface area contributed by atoms with Gasteiger partial charge in [0.15, 0.2) is 11.6 Å². The Morgan fingerprint density at radius 3 is 1.60 bits per heavy atom. The van der Waals surface area contributed by atoms with E-state index in [4.69, 9.17) is 15.0 Å². The van der Waals surface area contributed by atoms with Gasteiger partial charge in [-0.2, -0.15) is 9.97 Å². The lowest BCUT2D eigenvalue weighted by molar-refractivity contribution is 0.661. The zero-order valence-electron chi connectivity index (χ0n) is 34.3. The molecule has 290 valence electrons. The van der Waals surface area contributed by atoms with Crippen molar-refractivity contribution in [3.8, 4) is 51.0 Å². The second kappa shape index (κ2) is 13.0. The van der Waals surface area contributed by atoms with E-state index in [2.05, 4.69) is 213 Å². The highest BCUT2D eigenvalue weighted by Gasteiger charge is 2.37. The van der Waals surface area contributed by atoms with Gasteiger partial charge in [0.05, 0.1) is 11.0 Å². The van der Waals surface area contributed by atoms with Crippen molar-refractivity contribution >= 4 is 64.9 Å². The van der Waals surface area contributed by atoms with Crippen LogP contribution in [-0.4, -0.2) is 19.5 Å². The minimum absolute atomic E-state index is 0.180. The molecule has 4 heteroatoms. The summed E-state index contributed by atoms with van der Waals surface area (Å²) < 4.78 is 2.30. The second-order valence-corrected chi connectivity index (χ2v) is 17.3. The Morgan fingerprint density at radius 2 is 0.919 bits per heavy atom. The highest BCUT2D eigenvalue weighted by Crippen LogP contribution is 2.52. The zero-order valence-corrected chi connectivity index (χ0v) is 34.3. The minimum Gasteiger partial charge on any atom is -0.277 e. The largest absolute Gasteiger partial charge is 0.277 e. The fourth-order valence-electron chi connectivity index (χ4n) is 10.2. The smallest absolute Gasteiger partial charge is 0.238 e. The number of benzene rings is 10. The Balaban J connectivity index is 1.10. The molecule has 2 heterocycles. The maximum Gasteiger partial charge on any atom is 0.238 e. The average molecular weight is 791 g/mol. The molecular formula is C58H38N4. The first-order valence-corrected chi connectivity index (χ1v) is 21.3. The van der Waals surface area contributed by atoms with Crippen LogP contribution in [0.1, 0.15) is 25.0 Å². The van der Waals surface area contributed by atoms with Gasteiger partial charge < -0.3 is 0 Å². The molecule has 0 bridgehead atoms. The predicted molar refractivity (Wildman–Crippen MR) is 258 cm³/mol. The van der Waals surface area contributed by atoms with E-state index in [1.165, 1.54) is 49.2 Å². The van der Waals surface area contributed by atoms with Crippen molar-refractivity contribution in [2.75, 3.05) is 0 Å². The van der Waals surface area contributed by atoms with Crippen LogP contribution in [0.15, 0.2) is 194 Å². The van der Waals surface area contributed by atoms with Crippen molar-refractivity contribution in [2.24, 2.45) is 0 Å². The van der Waals surface area contributed by atoms with E-state index >= 15 is 0 Å². The van der Waals surface area contributed by atoms with Crippen molar-refractivity contribution in [1.29, 1.82) is 0 Å². The van der Waals surface area contributed by atoms with E-state index in [1.807, 2.05) is 0 Å². The maximum absolute atomic E-state index is 5.43. The molecule has 0 amide bonds. The second-order valence-electron chi connectivity index (χ2n) is 17.3. The number of fused-ring (bicyclic) bond motifs is 11. The Labute approximate surface area is 358 Å². The van der Waals surface area contributed by atoms with Gasteiger partial charge in [0.1, 0.15) is 0 Å². The standard InChI is InChI=1S/C58H38N4/c1-58(2)50-29-27-37-14-9-10-19-45(37)53(50)48-28-26-42(33-51(48)58)46-20-11-21-47-49-32-40-17-7-8-18-41(40)34-52(49)62(54(46)47)57-60-55(43-24-22-35-12-3-5-15-38(35)30-43)59-56(61-57)44-25-23-36-13-4-6-16-39(36)31-44/h3-34H,1-2H3. The van der Waals surface area contributed by atoms with Crippen LogP contribution in [-0.2, 0) is 5.41 Å². The molecule has 0 spiro atoms. The SMILES string of the molecule is CC1(C)c2cc(-c3cccc4c5cc6ccccc6cc5n(-c5nc(-c6ccc7ccccc7c6)nc(-c6ccc7ccccc7c6)n5)c34)ccc2-c2c1ccc1ccccc21. The molecule has 1 aliphatic carbocycles. The summed E-state index contributed by atoms with van der Waals surface area (Å²) in [6.45, 7) is 4.74. The van der Waals surface area contributed by atoms with Gasteiger partial charge in [-0.1, -0.05) is 178 Å². The third kappa shape index (κ3) is 5.17. The van der Waals surface area contributed by atoms with Crippen molar-refractivity contribution in [1.82, 2.24) is 19.5 Å². The van der Waals surface area contributed by atoms with Crippen LogP contribution >= 0.6 is 0 Å². The molecule has 0 aliphatic heterocycles. The molecule has 0 atom stereocenters. The monoisotopic (exact) mass is 790 g/mol. The summed E-state index contributed by atoms with van der Waals surface area (Å²) in [6.07, 6.45) is 0. The molecule has 0 saturated carbocycles. The molecule has 1 aliphatic rings. The van der Waals surface area contributed by atoms with Gasteiger partial charge in [-0.25, -0.2) is 4.98 Å². The normalized spacial score (nSPS) is 13.1. The Hall–Kier alpha value is -7.95. The van der Waals surface area contributed by atoms with Crippen LogP contribution in [0.2, 0.25) is 0 Å². The van der Waals surface area contributed by atoms with Crippen LogP contribution < -0.4 is 0 Å². The lowest BCUT2D eigenvalue weighted by atomic mass is 9.81. The lowest BCUT2D eigenvalue weighted by Gasteiger charge is -2.22. The first-order chi connectivity index (χ1) is 30.5. The lowest BCUT2D eigenvalue weighted by Crippen LogP contribution is -2.15. The van der Waals surface area contributed by atoms with Crippen LogP contribution in [0.25, 0.3) is 116 Å². The van der Waals surface area contributed by atoms with E-state index < -0.39 is 0 Å². The van der Waals surface area contributed by atoms with Crippen molar-refractivity contribution < 1.29 is 0 Å². The fourth-order valence-corrected chi connectivity index (χ4v) is 10.2. The molecular weight excluding hydrogens is 753 g/mol. The Kier molecular flexibility index (Phi) is 7.32. The number of rotatable bonds is 4. The number of hydrogen-bond donors (Lipinski definition) is 0. The zero-order chi connectivity index (χ0) is 41.1. The molecule has 10 aromatic carbocycles. The van der Waals surface area contributed by atoms with Gasteiger partial charge >= 0.3 is 0 Å². The summed E-state index contributed by atoms with van der Waals surface area (Å²) in [7, 11) is 0. The summed E-state index contributed by atoms with van der Waals surface area (Å²) in [6, 6.07) is 70.3. The molecule has 0 N–H and O–H groups in total. The summed E-state index contributed by atoms with van der Waals surface area (Å²) in [5.41, 5.74) is 11.5. The van der Waals surface area contributed by atoms with E-state index in [0.29, 0.717) is 17.6 Å². The predicted octanol–water partition coefficient (Wildman–Crippen LogP) is 14.9. The van der Waals surface area contributed by atoms with Crippen LogP contribution in [0.5, 0.6) is 0 Å². The first-order valence-electron chi connectivity index (χ1n) is 21.3. The van der Waals surface area contributed by atoms with Crippen LogP contribution in [0, 0.1) is 0 Å². The minimum atomic E-state index is -0.180. The molecule has 62 heavy (non-hydrogen) atoms. The van der Waals surface area contributed by atoms with Crippen LogP contribution in [0.3, 0.4) is 0 Å². The summed E-state index contributed by atoms with van der Waals surface area (Å²) >= 11 is 0. The third-order valence-electron chi connectivity index (χ3n) is 13.4. The van der Waals surface area contributed by atoms with Gasteiger partial charge in [-0.3, -0.25) is 4.57 Å². The van der Waals surface area contributed by atoms with Crippen molar-refractivity contribution in [2.45, 2.75) is 19.3 Å². The first kappa shape index (κ1) is 34.9. The molecule has 12 aromatic rings. The van der Waals surface area contributed by atoms with Gasteiger partial charge in [0.25, 0.3) is 0 Å².